The summed E-state index contributed by atoms with van der Waals surface area (Å²) in [6.45, 7) is 14.8. The predicted octanol–water partition coefficient (Wildman–Crippen LogP) is 4.68. The summed E-state index contributed by atoms with van der Waals surface area (Å²) in [7, 11) is 0. The van der Waals surface area contributed by atoms with Crippen LogP contribution in [0.25, 0.3) is 0 Å². The Balaban J connectivity index is 1.29. The molecule has 2 amide bonds. The molecule has 2 heterocycles. The second-order valence-electron chi connectivity index (χ2n) is 12.7. The van der Waals surface area contributed by atoms with Gasteiger partial charge in [0, 0.05) is 50.9 Å². The van der Waals surface area contributed by atoms with Gasteiger partial charge in [0.15, 0.2) is 0 Å². The molecule has 0 spiro atoms. The van der Waals surface area contributed by atoms with E-state index in [9.17, 15) is 9.59 Å². The third-order valence-corrected chi connectivity index (χ3v) is 8.97. The molecule has 4 rings (SSSR count). The summed E-state index contributed by atoms with van der Waals surface area (Å²) in [6.07, 6.45) is 9.70. The molecule has 1 aliphatic carbocycles. The molecule has 2 saturated heterocycles. The highest BCUT2D eigenvalue weighted by Crippen LogP contribution is 2.31. The summed E-state index contributed by atoms with van der Waals surface area (Å²) in [5.74, 6) is 0.749. The summed E-state index contributed by atoms with van der Waals surface area (Å²) < 4.78 is 0. The van der Waals surface area contributed by atoms with Crippen LogP contribution in [0.2, 0.25) is 0 Å². The van der Waals surface area contributed by atoms with Gasteiger partial charge < -0.3 is 15.1 Å². The van der Waals surface area contributed by atoms with Crippen molar-refractivity contribution in [2.24, 2.45) is 5.92 Å². The van der Waals surface area contributed by atoms with Crippen molar-refractivity contribution in [2.75, 3.05) is 45.8 Å². The quantitative estimate of drug-likeness (QED) is 0.516. The molecule has 0 unspecified atom stereocenters. The minimum absolute atomic E-state index is 0.0558. The molecule has 3 aliphatic rings. The average molecular weight is 511 g/mol. The monoisotopic (exact) mass is 510 g/mol. The largest absolute Gasteiger partial charge is 0.355 e. The van der Waals surface area contributed by atoms with Gasteiger partial charge in [-0.1, -0.05) is 52.2 Å². The van der Waals surface area contributed by atoms with Crippen molar-refractivity contribution in [3.8, 4) is 0 Å². The Morgan fingerprint density at radius 2 is 1.57 bits per heavy atom. The van der Waals surface area contributed by atoms with Crippen LogP contribution in [0.1, 0.15) is 95.0 Å². The van der Waals surface area contributed by atoms with Crippen LogP contribution in [0.15, 0.2) is 24.3 Å². The summed E-state index contributed by atoms with van der Waals surface area (Å²) in [5.41, 5.74) is 2.08. The number of carbonyl (C=O) groups excluding carboxylic acids is 2. The van der Waals surface area contributed by atoms with E-state index in [1.165, 1.54) is 44.2 Å². The first-order valence-electron chi connectivity index (χ1n) is 14.9. The number of carbonyl (C=O) groups is 2. The fraction of sp³-hybridized carbons (Fsp3) is 0.742. The number of nitrogens with zero attached hydrogens (tertiary/aromatic N) is 3. The third-order valence-electron chi connectivity index (χ3n) is 8.97. The van der Waals surface area contributed by atoms with E-state index < -0.39 is 0 Å². The lowest BCUT2D eigenvalue weighted by Gasteiger charge is -2.41. The molecule has 6 heteroatoms. The normalized spacial score (nSPS) is 23.2. The summed E-state index contributed by atoms with van der Waals surface area (Å²) in [4.78, 5) is 33.5. The molecule has 1 aromatic rings. The first-order chi connectivity index (χ1) is 17.7. The Labute approximate surface area is 225 Å². The van der Waals surface area contributed by atoms with Crippen LogP contribution in [0.5, 0.6) is 0 Å². The minimum atomic E-state index is -0.0558. The number of hydrogen-bond donors (Lipinski definition) is 1. The Morgan fingerprint density at radius 1 is 0.919 bits per heavy atom. The Hall–Kier alpha value is -1.92. The van der Waals surface area contributed by atoms with Gasteiger partial charge in [-0.25, -0.2) is 0 Å². The third kappa shape index (κ3) is 7.35. The Bertz CT molecular complexity index is 879. The van der Waals surface area contributed by atoms with Crippen LogP contribution in [-0.4, -0.2) is 84.4 Å². The van der Waals surface area contributed by atoms with Gasteiger partial charge in [-0.15, -0.1) is 0 Å². The van der Waals surface area contributed by atoms with Gasteiger partial charge in [0.2, 0.25) is 5.91 Å². The highest BCUT2D eigenvalue weighted by atomic mass is 16.2. The standard InChI is InChI=1S/C31H50N4O2/c1-24-10-7-8-18-33(24)19-9-17-32-29(36)28(25-11-5-6-12-25)34-20-22-35(23-21-34)30(37)26-13-15-27(16-14-26)31(2,3)4/h13-16,24-25,28H,5-12,17-23H2,1-4H3,(H,32,36)/t24-,28-/m0/s1. The first kappa shape index (κ1) is 28.1. The van der Waals surface area contributed by atoms with Gasteiger partial charge in [-0.3, -0.25) is 14.5 Å². The van der Waals surface area contributed by atoms with Gasteiger partial charge in [0.05, 0.1) is 6.04 Å². The highest BCUT2D eigenvalue weighted by molar-refractivity contribution is 5.94. The van der Waals surface area contributed by atoms with Crippen molar-refractivity contribution in [1.82, 2.24) is 20.0 Å². The van der Waals surface area contributed by atoms with E-state index in [1.54, 1.807) is 0 Å². The lowest BCUT2D eigenvalue weighted by atomic mass is 9.86. The van der Waals surface area contributed by atoms with E-state index in [2.05, 4.69) is 54.9 Å². The van der Waals surface area contributed by atoms with E-state index in [0.29, 0.717) is 25.0 Å². The van der Waals surface area contributed by atoms with Crippen LogP contribution >= 0.6 is 0 Å². The van der Waals surface area contributed by atoms with E-state index in [1.807, 2.05) is 17.0 Å². The number of benzene rings is 1. The van der Waals surface area contributed by atoms with Gasteiger partial charge in [0.1, 0.15) is 0 Å². The second-order valence-corrected chi connectivity index (χ2v) is 12.7. The van der Waals surface area contributed by atoms with Gasteiger partial charge in [-0.2, -0.15) is 0 Å². The molecule has 6 nitrogen and oxygen atoms in total. The lowest BCUT2D eigenvalue weighted by Crippen LogP contribution is -2.58. The van der Waals surface area contributed by atoms with Crippen molar-refractivity contribution < 1.29 is 9.59 Å². The van der Waals surface area contributed by atoms with Crippen LogP contribution < -0.4 is 5.32 Å². The summed E-state index contributed by atoms with van der Waals surface area (Å²) >= 11 is 0. The number of nitrogens with one attached hydrogen (secondary N) is 1. The summed E-state index contributed by atoms with van der Waals surface area (Å²) in [6, 6.07) is 8.71. The van der Waals surface area contributed by atoms with Crippen LogP contribution in [0.3, 0.4) is 0 Å². The number of piperazine rings is 1. The Kier molecular flexibility index (Phi) is 9.68. The van der Waals surface area contributed by atoms with E-state index in [-0.39, 0.29) is 23.3 Å². The van der Waals surface area contributed by atoms with Crippen molar-refractivity contribution in [3.63, 3.8) is 0 Å². The van der Waals surface area contributed by atoms with Gasteiger partial charge in [0.25, 0.3) is 5.91 Å². The molecule has 0 radical (unpaired) electrons. The maximum Gasteiger partial charge on any atom is 0.253 e. The van der Waals surface area contributed by atoms with E-state index >= 15 is 0 Å². The zero-order valence-corrected chi connectivity index (χ0v) is 23.8. The average Bonchev–Trinajstić information content (AvgIpc) is 3.42. The number of likely N-dealkylation sites (tertiary alicyclic amines) is 1. The molecular formula is C31H50N4O2. The molecule has 2 aliphatic heterocycles. The molecular weight excluding hydrogens is 460 g/mol. The fourth-order valence-corrected chi connectivity index (χ4v) is 6.54. The molecule has 1 aromatic carbocycles. The molecule has 3 fully saturated rings. The van der Waals surface area contributed by atoms with Crippen molar-refractivity contribution in [1.29, 1.82) is 0 Å². The predicted molar refractivity (Wildman–Crippen MR) is 151 cm³/mol. The molecule has 37 heavy (non-hydrogen) atoms. The molecule has 1 saturated carbocycles. The van der Waals surface area contributed by atoms with E-state index in [0.717, 1.165) is 51.0 Å². The lowest BCUT2D eigenvalue weighted by molar-refractivity contribution is -0.129. The number of hydrogen-bond acceptors (Lipinski definition) is 4. The maximum atomic E-state index is 13.4. The number of rotatable bonds is 8. The zero-order valence-electron chi connectivity index (χ0n) is 23.8. The minimum Gasteiger partial charge on any atom is -0.355 e. The van der Waals surface area contributed by atoms with Crippen LogP contribution in [0, 0.1) is 5.92 Å². The number of piperidine rings is 1. The van der Waals surface area contributed by atoms with E-state index in [4.69, 9.17) is 0 Å². The smallest absolute Gasteiger partial charge is 0.253 e. The van der Waals surface area contributed by atoms with Crippen molar-refractivity contribution >= 4 is 11.8 Å². The first-order valence-corrected chi connectivity index (χ1v) is 14.9. The highest BCUT2D eigenvalue weighted by Gasteiger charge is 2.37. The molecule has 2 atom stereocenters. The van der Waals surface area contributed by atoms with Gasteiger partial charge in [-0.05, 0) is 74.6 Å². The van der Waals surface area contributed by atoms with Crippen molar-refractivity contribution in [3.05, 3.63) is 35.4 Å². The fourth-order valence-electron chi connectivity index (χ4n) is 6.54. The van der Waals surface area contributed by atoms with Crippen LogP contribution in [-0.2, 0) is 10.2 Å². The second kappa shape index (κ2) is 12.8. The molecule has 206 valence electrons. The SMILES string of the molecule is C[C@H]1CCCCN1CCCNC(=O)[C@H](C1CCCC1)N1CCN(C(=O)c2ccc(C(C)(C)C)cc2)CC1. The molecule has 1 N–H and O–H groups in total. The number of amides is 2. The summed E-state index contributed by atoms with van der Waals surface area (Å²) in [5, 5.41) is 3.30. The van der Waals surface area contributed by atoms with Crippen molar-refractivity contribution in [2.45, 2.75) is 96.6 Å². The maximum absolute atomic E-state index is 13.4. The topological polar surface area (TPSA) is 55.9 Å². The Morgan fingerprint density at radius 3 is 2.19 bits per heavy atom. The van der Waals surface area contributed by atoms with Crippen LogP contribution in [0.4, 0.5) is 0 Å². The molecule has 0 bridgehead atoms. The van der Waals surface area contributed by atoms with Gasteiger partial charge >= 0.3 is 0 Å². The zero-order chi connectivity index (χ0) is 26.4. The molecule has 0 aromatic heterocycles.